The molecule has 1 aliphatic carbocycles. The first-order valence-electron chi connectivity index (χ1n) is 8.32. The summed E-state index contributed by atoms with van der Waals surface area (Å²) in [7, 11) is 2.22. The molecule has 5 heteroatoms. The zero-order chi connectivity index (χ0) is 14.8. The first kappa shape index (κ1) is 15.3. The standard InChI is InChI=1S/C16H28N4S/c1-4-20-9-7-14(8-10-20)19(3)16-18-12(2)15(21-16)11-17-13-5-6-13/h13-14,17H,4-11H2,1-3H3. The fourth-order valence-electron chi connectivity index (χ4n) is 3.03. The Morgan fingerprint density at radius 1 is 1.29 bits per heavy atom. The fourth-order valence-corrected chi connectivity index (χ4v) is 4.08. The second-order valence-electron chi connectivity index (χ2n) is 6.44. The zero-order valence-electron chi connectivity index (χ0n) is 13.6. The maximum absolute atomic E-state index is 4.81. The molecule has 1 aromatic heterocycles. The maximum Gasteiger partial charge on any atom is 0.185 e. The van der Waals surface area contributed by atoms with E-state index in [2.05, 4.69) is 36.0 Å². The molecule has 4 nitrogen and oxygen atoms in total. The molecule has 0 radical (unpaired) electrons. The summed E-state index contributed by atoms with van der Waals surface area (Å²) in [5.41, 5.74) is 1.21. The molecule has 3 rings (SSSR count). The van der Waals surface area contributed by atoms with E-state index in [0.29, 0.717) is 6.04 Å². The van der Waals surface area contributed by atoms with Crippen LogP contribution in [0.15, 0.2) is 0 Å². The highest BCUT2D eigenvalue weighted by Crippen LogP contribution is 2.30. The number of rotatable bonds is 6. The van der Waals surface area contributed by atoms with Crippen molar-refractivity contribution in [2.24, 2.45) is 0 Å². The van der Waals surface area contributed by atoms with Gasteiger partial charge in [0, 0.05) is 43.6 Å². The lowest BCUT2D eigenvalue weighted by atomic mass is 10.0. The number of anilines is 1. The van der Waals surface area contributed by atoms with Crippen molar-refractivity contribution in [3.05, 3.63) is 10.6 Å². The number of thiazole rings is 1. The molecule has 0 unspecified atom stereocenters. The van der Waals surface area contributed by atoms with E-state index in [4.69, 9.17) is 4.98 Å². The number of nitrogens with one attached hydrogen (secondary N) is 1. The largest absolute Gasteiger partial charge is 0.348 e. The highest BCUT2D eigenvalue weighted by molar-refractivity contribution is 7.15. The van der Waals surface area contributed by atoms with Gasteiger partial charge in [0.2, 0.25) is 0 Å². The van der Waals surface area contributed by atoms with Gasteiger partial charge in [0.05, 0.1) is 5.69 Å². The SMILES string of the molecule is CCN1CCC(N(C)c2nc(C)c(CNC3CC3)s2)CC1. The summed E-state index contributed by atoms with van der Waals surface area (Å²) in [5.74, 6) is 0. The molecular formula is C16H28N4S. The molecule has 0 amide bonds. The second kappa shape index (κ2) is 6.63. The number of hydrogen-bond acceptors (Lipinski definition) is 5. The summed E-state index contributed by atoms with van der Waals surface area (Å²) in [4.78, 5) is 11.2. The van der Waals surface area contributed by atoms with Crippen molar-refractivity contribution in [3.63, 3.8) is 0 Å². The summed E-state index contributed by atoms with van der Waals surface area (Å²) in [6, 6.07) is 1.42. The van der Waals surface area contributed by atoms with Crippen LogP contribution in [0, 0.1) is 6.92 Å². The number of aromatic nitrogens is 1. The zero-order valence-corrected chi connectivity index (χ0v) is 14.4. The van der Waals surface area contributed by atoms with Crippen LogP contribution in [-0.4, -0.2) is 48.6 Å². The van der Waals surface area contributed by atoms with Crippen molar-refractivity contribution in [2.75, 3.05) is 31.6 Å². The van der Waals surface area contributed by atoms with Gasteiger partial charge >= 0.3 is 0 Å². The van der Waals surface area contributed by atoms with Gasteiger partial charge in [-0.2, -0.15) is 0 Å². The lowest BCUT2D eigenvalue weighted by Crippen LogP contribution is -2.43. The third-order valence-corrected chi connectivity index (χ3v) is 6.11. The van der Waals surface area contributed by atoms with Gasteiger partial charge < -0.3 is 15.1 Å². The van der Waals surface area contributed by atoms with Gasteiger partial charge in [-0.25, -0.2) is 4.98 Å². The Hall–Kier alpha value is -0.650. The molecule has 1 saturated heterocycles. The molecule has 21 heavy (non-hydrogen) atoms. The Kier molecular flexibility index (Phi) is 4.82. The van der Waals surface area contributed by atoms with Crippen molar-refractivity contribution >= 4 is 16.5 Å². The van der Waals surface area contributed by atoms with Gasteiger partial charge in [-0.3, -0.25) is 0 Å². The number of nitrogens with zero attached hydrogens (tertiary/aromatic N) is 3. The minimum Gasteiger partial charge on any atom is -0.348 e. The normalized spacial score (nSPS) is 20.9. The van der Waals surface area contributed by atoms with Gasteiger partial charge in [-0.05, 0) is 39.2 Å². The highest BCUT2D eigenvalue weighted by Gasteiger charge is 2.25. The quantitative estimate of drug-likeness (QED) is 0.875. The van der Waals surface area contributed by atoms with E-state index in [1.165, 1.54) is 61.0 Å². The first-order valence-corrected chi connectivity index (χ1v) is 9.14. The Labute approximate surface area is 132 Å². The molecule has 1 aliphatic heterocycles. The molecule has 118 valence electrons. The number of aryl methyl sites for hydroxylation is 1. The van der Waals surface area contributed by atoms with E-state index < -0.39 is 0 Å². The first-order chi connectivity index (χ1) is 10.2. The smallest absolute Gasteiger partial charge is 0.185 e. The van der Waals surface area contributed by atoms with Crippen LogP contribution in [0.5, 0.6) is 0 Å². The number of hydrogen-bond donors (Lipinski definition) is 1. The molecule has 0 spiro atoms. The van der Waals surface area contributed by atoms with E-state index in [0.717, 1.165) is 12.6 Å². The van der Waals surface area contributed by atoms with Crippen LogP contribution in [-0.2, 0) is 6.54 Å². The molecule has 0 aromatic carbocycles. The van der Waals surface area contributed by atoms with Crippen LogP contribution < -0.4 is 10.2 Å². The van der Waals surface area contributed by atoms with Crippen LogP contribution in [0.25, 0.3) is 0 Å². The lowest BCUT2D eigenvalue weighted by Gasteiger charge is -2.36. The monoisotopic (exact) mass is 308 g/mol. The van der Waals surface area contributed by atoms with E-state index in [-0.39, 0.29) is 0 Å². The highest BCUT2D eigenvalue weighted by atomic mass is 32.1. The molecular weight excluding hydrogens is 280 g/mol. The molecule has 1 saturated carbocycles. The third kappa shape index (κ3) is 3.76. The minimum atomic E-state index is 0.655. The van der Waals surface area contributed by atoms with E-state index in [9.17, 15) is 0 Å². The van der Waals surface area contributed by atoms with Gasteiger partial charge in [0.1, 0.15) is 0 Å². The summed E-state index contributed by atoms with van der Waals surface area (Å²) >= 11 is 1.88. The second-order valence-corrected chi connectivity index (χ2v) is 7.50. The summed E-state index contributed by atoms with van der Waals surface area (Å²) in [5, 5.41) is 4.81. The molecule has 1 aromatic rings. The molecule has 1 N–H and O–H groups in total. The predicted octanol–water partition coefficient (Wildman–Crippen LogP) is 2.62. The fraction of sp³-hybridized carbons (Fsp3) is 0.812. The summed E-state index contributed by atoms with van der Waals surface area (Å²) in [6.45, 7) is 9.04. The van der Waals surface area contributed by atoms with Crippen LogP contribution in [0.4, 0.5) is 5.13 Å². The van der Waals surface area contributed by atoms with Gasteiger partial charge in [0.15, 0.2) is 5.13 Å². The van der Waals surface area contributed by atoms with Crippen molar-refractivity contribution in [3.8, 4) is 0 Å². The van der Waals surface area contributed by atoms with Gasteiger partial charge in [0.25, 0.3) is 0 Å². The van der Waals surface area contributed by atoms with E-state index in [1.54, 1.807) is 0 Å². The summed E-state index contributed by atoms with van der Waals surface area (Å²) in [6.07, 6.45) is 5.22. The van der Waals surface area contributed by atoms with Gasteiger partial charge in [-0.1, -0.05) is 6.92 Å². The topological polar surface area (TPSA) is 31.4 Å². The van der Waals surface area contributed by atoms with Crippen molar-refractivity contribution in [1.29, 1.82) is 0 Å². The number of piperidine rings is 1. The van der Waals surface area contributed by atoms with Crippen molar-refractivity contribution in [1.82, 2.24) is 15.2 Å². The Morgan fingerprint density at radius 3 is 2.62 bits per heavy atom. The Bertz CT molecular complexity index is 461. The van der Waals surface area contributed by atoms with Crippen LogP contribution in [0.2, 0.25) is 0 Å². The maximum atomic E-state index is 4.81. The Balaban J connectivity index is 1.58. The van der Waals surface area contributed by atoms with Crippen LogP contribution >= 0.6 is 11.3 Å². The average molecular weight is 308 g/mol. The summed E-state index contributed by atoms with van der Waals surface area (Å²) < 4.78 is 0. The molecule has 2 fully saturated rings. The molecule has 2 aliphatic rings. The lowest BCUT2D eigenvalue weighted by molar-refractivity contribution is 0.221. The number of likely N-dealkylation sites (tertiary alicyclic amines) is 1. The molecule has 0 atom stereocenters. The third-order valence-electron chi connectivity index (χ3n) is 4.86. The predicted molar refractivity (Wildman–Crippen MR) is 90.3 cm³/mol. The van der Waals surface area contributed by atoms with Crippen molar-refractivity contribution < 1.29 is 0 Å². The van der Waals surface area contributed by atoms with Crippen molar-refractivity contribution in [2.45, 2.75) is 58.2 Å². The molecule has 2 heterocycles. The average Bonchev–Trinajstić information content (AvgIpc) is 3.27. The minimum absolute atomic E-state index is 0.655. The van der Waals surface area contributed by atoms with E-state index >= 15 is 0 Å². The molecule has 0 bridgehead atoms. The van der Waals surface area contributed by atoms with Crippen LogP contribution in [0.3, 0.4) is 0 Å². The van der Waals surface area contributed by atoms with E-state index in [1.807, 2.05) is 11.3 Å². The van der Waals surface area contributed by atoms with Crippen LogP contribution in [0.1, 0.15) is 43.2 Å². The van der Waals surface area contributed by atoms with Gasteiger partial charge in [-0.15, -0.1) is 11.3 Å². The Morgan fingerprint density at radius 2 is 2.00 bits per heavy atom.